The molecule has 1 unspecified atom stereocenters. The zero-order valence-corrected chi connectivity index (χ0v) is 20.2. The van der Waals surface area contributed by atoms with Crippen LogP contribution in [0.1, 0.15) is 84.5 Å². The lowest BCUT2D eigenvalue weighted by Gasteiger charge is -2.41. The lowest BCUT2D eigenvalue weighted by Crippen LogP contribution is -3.16. The van der Waals surface area contributed by atoms with Crippen LogP contribution in [0, 0.1) is 0 Å². The van der Waals surface area contributed by atoms with Gasteiger partial charge in [0.15, 0.2) is 6.67 Å². The number of unbranched alkanes of at least 4 members (excludes halogenated alkanes) is 6. The van der Waals surface area contributed by atoms with Crippen molar-refractivity contribution >= 4 is 12.2 Å². The van der Waals surface area contributed by atoms with E-state index in [4.69, 9.17) is 5.11 Å². The first-order valence-corrected chi connectivity index (χ1v) is 12.8. The summed E-state index contributed by atoms with van der Waals surface area (Å²) in [5.41, 5.74) is -1.14. The predicted molar refractivity (Wildman–Crippen MR) is 127 cm³/mol. The fraction of sp³-hybridized carbons (Fsp3) is 0.917. The number of hydrogen-bond donors (Lipinski definition) is 6. The maximum Gasteiger partial charge on any atom is 0.306 e. The number of likely N-dealkylation sites (N-methyl/N-ethyl adjacent to an activating group) is 1. The number of nitrogens with one attached hydrogen (secondary N) is 3. The van der Waals surface area contributed by atoms with Crippen molar-refractivity contribution in [3.63, 3.8) is 0 Å². The maximum absolute atomic E-state index is 11.0. The van der Waals surface area contributed by atoms with E-state index in [1.807, 2.05) is 13.1 Å². The molecule has 0 aromatic rings. The van der Waals surface area contributed by atoms with Crippen molar-refractivity contribution in [2.45, 2.75) is 114 Å². The zero-order valence-electron chi connectivity index (χ0n) is 20.2. The van der Waals surface area contributed by atoms with Gasteiger partial charge in [0.25, 0.3) is 0 Å². The second-order valence-electron chi connectivity index (χ2n) is 9.95. The van der Waals surface area contributed by atoms with E-state index in [-0.39, 0.29) is 18.6 Å². The SMILES string of the molecule is CCNC[C@@](O)(CCCCCCCCC[C@H]1N[C@@H](C)[C@H](O)C[C@@H]1[NH+]1CC=NC1)CC(=O)O. The second-order valence-corrected chi connectivity index (χ2v) is 9.95. The predicted octanol–water partition coefficient (Wildman–Crippen LogP) is 0.719. The number of carbonyl (C=O) groups is 1. The van der Waals surface area contributed by atoms with Gasteiger partial charge in [-0.15, -0.1) is 0 Å². The number of hydrogen-bond acceptors (Lipinski definition) is 6. The highest BCUT2D eigenvalue weighted by molar-refractivity contribution is 5.68. The molecule has 32 heavy (non-hydrogen) atoms. The van der Waals surface area contributed by atoms with Crippen molar-refractivity contribution in [1.29, 1.82) is 0 Å². The molecular weight excluding hydrogens is 408 g/mol. The number of carboxylic acid groups (broad SMARTS) is 1. The van der Waals surface area contributed by atoms with E-state index in [9.17, 15) is 15.0 Å². The van der Waals surface area contributed by atoms with Gasteiger partial charge >= 0.3 is 5.97 Å². The molecule has 2 aliphatic rings. The van der Waals surface area contributed by atoms with Gasteiger partial charge in [0.2, 0.25) is 0 Å². The number of aliphatic carboxylic acids is 1. The summed E-state index contributed by atoms with van der Waals surface area (Å²) in [6, 6.07) is 1.05. The number of aliphatic imine (C=N–C) groups is 1. The highest BCUT2D eigenvalue weighted by Crippen LogP contribution is 2.21. The number of piperidine rings is 1. The van der Waals surface area contributed by atoms with Crippen molar-refractivity contribution < 1.29 is 25.0 Å². The molecule has 8 nitrogen and oxygen atoms in total. The Kier molecular flexibility index (Phi) is 12.1. The average Bonchev–Trinajstić information content (AvgIpc) is 3.27. The summed E-state index contributed by atoms with van der Waals surface area (Å²) in [4.78, 5) is 16.9. The Balaban J connectivity index is 1.57. The molecular formula is C24H47N4O4+. The lowest BCUT2D eigenvalue weighted by molar-refractivity contribution is -0.914. The number of quaternary nitrogens is 1. The molecule has 2 rings (SSSR count). The topological polar surface area (TPSA) is 119 Å². The summed E-state index contributed by atoms with van der Waals surface area (Å²) in [6.07, 6.45) is 11.9. The van der Waals surface area contributed by atoms with E-state index >= 15 is 0 Å². The first-order valence-electron chi connectivity index (χ1n) is 12.8. The van der Waals surface area contributed by atoms with Crippen LogP contribution in [-0.2, 0) is 4.79 Å². The van der Waals surface area contributed by atoms with E-state index in [1.165, 1.54) is 30.6 Å². The van der Waals surface area contributed by atoms with Crippen molar-refractivity contribution in [3.8, 4) is 0 Å². The third kappa shape index (κ3) is 9.43. The first kappa shape index (κ1) is 27.2. The molecule has 186 valence electrons. The van der Waals surface area contributed by atoms with E-state index in [1.54, 1.807) is 0 Å². The van der Waals surface area contributed by atoms with Crippen LogP contribution in [0.4, 0.5) is 0 Å². The number of rotatable bonds is 16. The van der Waals surface area contributed by atoms with Crippen LogP contribution < -0.4 is 15.5 Å². The molecule has 0 spiro atoms. The molecule has 0 aromatic heterocycles. The number of aliphatic hydroxyl groups excluding tert-OH is 1. The molecule has 2 aliphatic heterocycles. The van der Waals surface area contributed by atoms with Gasteiger partial charge in [-0.2, -0.15) is 0 Å². The van der Waals surface area contributed by atoms with Crippen molar-refractivity contribution in [2.75, 3.05) is 26.3 Å². The quantitative estimate of drug-likeness (QED) is 0.191. The minimum absolute atomic E-state index is 0.159. The van der Waals surface area contributed by atoms with Crippen LogP contribution >= 0.6 is 0 Å². The molecule has 0 aliphatic carbocycles. The fourth-order valence-corrected chi connectivity index (χ4v) is 5.21. The molecule has 0 radical (unpaired) electrons. The Morgan fingerprint density at radius 1 is 1.22 bits per heavy atom. The molecule has 6 atom stereocenters. The average molecular weight is 456 g/mol. The summed E-state index contributed by atoms with van der Waals surface area (Å²) in [7, 11) is 0. The van der Waals surface area contributed by atoms with Crippen molar-refractivity contribution in [2.24, 2.45) is 4.99 Å². The number of carboxylic acids is 1. The van der Waals surface area contributed by atoms with E-state index in [0.29, 0.717) is 25.0 Å². The van der Waals surface area contributed by atoms with Gasteiger partial charge in [0.1, 0.15) is 12.6 Å². The number of aliphatic hydroxyl groups is 2. The smallest absolute Gasteiger partial charge is 0.306 e. The molecule has 0 aromatic carbocycles. The normalized spacial score (nSPS) is 29.8. The summed E-state index contributed by atoms with van der Waals surface area (Å²) in [5.74, 6) is -0.942. The summed E-state index contributed by atoms with van der Waals surface area (Å²) in [5, 5.41) is 36.7. The van der Waals surface area contributed by atoms with Gasteiger partial charge in [-0.05, 0) is 26.3 Å². The van der Waals surface area contributed by atoms with Gasteiger partial charge in [-0.1, -0.05) is 51.9 Å². The van der Waals surface area contributed by atoms with Crippen LogP contribution in [0.25, 0.3) is 0 Å². The fourth-order valence-electron chi connectivity index (χ4n) is 5.21. The third-order valence-electron chi connectivity index (χ3n) is 7.18. The molecule has 0 saturated carbocycles. The van der Waals surface area contributed by atoms with Gasteiger partial charge in [-0.3, -0.25) is 4.79 Å². The first-order chi connectivity index (χ1) is 15.3. The third-order valence-corrected chi connectivity index (χ3v) is 7.18. The number of nitrogens with zero attached hydrogens (tertiary/aromatic N) is 1. The molecule has 1 saturated heterocycles. The second kappa shape index (κ2) is 14.3. The van der Waals surface area contributed by atoms with Crippen LogP contribution in [0.3, 0.4) is 0 Å². The standard InChI is InChI=1S/C24H46N4O4/c1-3-25-17-24(32,16-23(30)31)12-10-8-6-4-5-7-9-11-20-21(28-14-13-26-18-28)15-22(29)19(2)27-20/h13,19-22,25,27,29,32H,3-12,14-18H2,1-2H3,(H,30,31)/p+1/t19-,20+,21-,22+,24+/m0/s1. The van der Waals surface area contributed by atoms with Crippen LogP contribution in [0.2, 0.25) is 0 Å². The highest BCUT2D eigenvalue weighted by Gasteiger charge is 2.39. The van der Waals surface area contributed by atoms with Crippen LogP contribution in [0.15, 0.2) is 4.99 Å². The molecule has 8 heteroatoms. The minimum Gasteiger partial charge on any atom is -0.481 e. The van der Waals surface area contributed by atoms with E-state index in [0.717, 1.165) is 51.9 Å². The monoisotopic (exact) mass is 455 g/mol. The zero-order chi connectivity index (χ0) is 23.4. The Labute approximate surface area is 193 Å². The molecule has 0 amide bonds. The maximum atomic E-state index is 11.0. The Hall–Kier alpha value is -1.06. The van der Waals surface area contributed by atoms with Crippen molar-refractivity contribution in [3.05, 3.63) is 0 Å². The Morgan fingerprint density at radius 2 is 1.91 bits per heavy atom. The van der Waals surface area contributed by atoms with Crippen LogP contribution in [0.5, 0.6) is 0 Å². The van der Waals surface area contributed by atoms with Gasteiger partial charge in [0, 0.05) is 19.0 Å². The van der Waals surface area contributed by atoms with E-state index < -0.39 is 11.6 Å². The molecule has 6 N–H and O–H groups in total. The Morgan fingerprint density at radius 3 is 2.53 bits per heavy atom. The summed E-state index contributed by atoms with van der Waals surface area (Å²) < 4.78 is 0. The van der Waals surface area contributed by atoms with Crippen LogP contribution in [-0.4, -0.2) is 83.6 Å². The summed E-state index contributed by atoms with van der Waals surface area (Å²) in [6.45, 7) is 6.91. The lowest BCUT2D eigenvalue weighted by atomic mass is 9.87. The van der Waals surface area contributed by atoms with Gasteiger partial charge in [0.05, 0.1) is 30.4 Å². The minimum atomic E-state index is -1.14. The largest absolute Gasteiger partial charge is 0.481 e. The molecule has 1 fully saturated rings. The highest BCUT2D eigenvalue weighted by atomic mass is 16.4. The Bertz CT molecular complexity index is 568. The molecule has 2 heterocycles. The van der Waals surface area contributed by atoms with Gasteiger partial charge < -0.3 is 30.9 Å². The summed E-state index contributed by atoms with van der Waals surface area (Å²) >= 11 is 0. The molecule has 0 bridgehead atoms. The van der Waals surface area contributed by atoms with Crippen molar-refractivity contribution in [1.82, 2.24) is 10.6 Å². The van der Waals surface area contributed by atoms with Gasteiger partial charge in [-0.25, -0.2) is 4.99 Å². The van der Waals surface area contributed by atoms with E-state index in [2.05, 4.69) is 22.5 Å².